The van der Waals surface area contributed by atoms with Gasteiger partial charge in [-0.3, -0.25) is 4.79 Å². The molecule has 0 aliphatic heterocycles. The fourth-order valence-electron chi connectivity index (χ4n) is 0.955. The number of nitrogens with one attached hydrogen (secondary N) is 1. The number of nitrogens with two attached hydrogens (primary N) is 1. The zero-order valence-electron chi connectivity index (χ0n) is 8.03. The zero-order valence-corrected chi connectivity index (χ0v) is 8.03. The first kappa shape index (κ1) is 10.7. The smallest absolute Gasteiger partial charge is 0.243 e. The Labute approximate surface area is 82.7 Å². The highest BCUT2D eigenvalue weighted by molar-refractivity contribution is 5.94. The summed E-state index contributed by atoms with van der Waals surface area (Å²) in [6, 6.07) is 6.49. The molecule has 0 radical (unpaired) electrons. The van der Waals surface area contributed by atoms with Crippen molar-refractivity contribution in [1.29, 1.82) is 0 Å². The Balaban J connectivity index is 2.60. The number of aliphatic hydroxyl groups is 1. The van der Waals surface area contributed by atoms with Gasteiger partial charge in [-0.2, -0.15) is 0 Å². The van der Waals surface area contributed by atoms with E-state index in [2.05, 4.69) is 5.32 Å². The molecule has 0 saturated carbocycles. The zero-order chi connectivity index (χ0) is 10.6. The largest absolute Gasteiger partial charge is 0.394 e. The molecule has 0 aromatic heterocycles. The fraction of sp³-hybridized carbons (Fsp3) is 0.300. The van der Waals surface area contributed by atoms with Gasteiger partial charge < -0.3 is 16.2 Å². The summed E-state index contributed by atoms with van der Waals surface area (Å²) in [5.74, 6) is -0.378. The molecule has 4 nitrogen and oxygen atoms in total. The maximum Gasteiger partial charge on any atom is 0.243 e. The van der Waals surface area contributed by atoms with E-state index in [0.717, 1.165) is 5.56 Å². The molecular weight excluding hydrogens is 180 g/mol. The molecule has 76 valence electrons. The normalized spacial score (nSPS) is 12.2. The van der Waals surface area contributed by atoms with Gasteiger partial charge in [0.15, 0.2) is 0 Å². The average Bonchev–Trinajstić information content (AvgIpc) is 2.20. The van der Waals surface area contributed by atoms with Gasteiger partial charge in [0, 0.05) is 5.69 Å². The van der Waals surface area contributed by atoms with E-state index in [1.807, 2.05) is 19.1 Å². The first-order valence-electron chi connectivity index (χ1n) is 4.37. The molecule has 0 bridgehead atoms. The van der Waals surface area contributed by atoms with Crippen LogP contribution in [0.1, 0.15) is 5.56 Å². The molecule has 1 aromatic carbocycles. The highest BCUT2D eigenvalue weighted by atomic mass is 16.3. The van der Waals surface area contributed by atoms with E-state index in [0.29, 0.717) is 5.69 Å². The van der Waals surface area contributed by atoms with Crippen LogP contribution in [-0.4, -0.2) is 23.7 Å². The second-order valence-electron chi connectivity index (χ2n) is 3.14. The highest BCUT2D eigenvalue weighted by Gasteiger charge is 2.11. The number of aliphatic hydroxyl groups excluding tert-OH is 1. The molecule has 0 fully saturated rings. The lowest BCUT2D eigenvalue weighted by Gasteiger charge is -2.09. The molecular formula is C10H14N2O2. The summed E-state index contributed by atoms with van der Waals surface area (Å²) in [5.41, 5.74) is 7.14. The Morgan fingerprint density at radius 1 is 1.50 bits per heavy atom. The van der Waals surface area contributed by atoms with Gasteiger partial charge in [0.05, 0.1) is 6.61 Å². The molecule has 0 heterocycles. The lowest BCUT2D eigenvalue weighted by Crippen LogP contribution is -2.38. The van der Waals surface area contributed by atoms with E-state index >= 15 is 0 Å². The molecule has 1 atom stereocenters. The van der Waals surface area contributed by atoms with Gasteiger partial charge in [-0.15, -0.1) is 0 Å². The summed E-state index contributed by atoms with van der Waals surface area (Å²) in [5, 5.41) is 11.2. The van der Waals surface area contributed by atoms with Gasteiger partial charge in [-0.1, -0.05) is 17.7 Å². The molecule has 1 aromatic rings. The van der Waals surface area contributed by atoms with E-state index in [-0.39, 0.29) is 12.5 Å². The number of carbonyl (C=O) groups excluding carboxylic acids is 1. The Morgan fingerprint density at radius 3 is 2.57 bits per heavy atom. The third kappa shape index (κ3) is 2.83. The second-order valence-corrected chi connectivity index (χ2v) is 3.14. The Kier molecular flexibility index (Phi) is 3.62. The number of aryl methyl sites for hydroxylation is 1. The van der Waals surface area contributed by atoms with Crippen LogP contribution in [0, 0.1) is 6.92 Å². The summed E-state index contributed by atoms with van der Waals surface area (Å²) in [6.45, 7) is 1.61. The lowest BCUT2D eigenvalue weighted by molar-refractivity contribution is -0.118. The van der Waals surface area contributed by atoms with Crippen LogP contribution in [0.15, 0.2) is 24.3 Å². The van der Waals surface area contributed by atoms with Crippen LogP contribution in [0.2, 0.25) is 0 Å². The van der Waals surface area contributed by atoms with Crippen molar-refractivity contribution in [3.63, 3.8) is 0 Å². The predicted molar refractivity (Wildman–Crippen MR) is 54.9 cm³/mol. The number of anilines is 1. The summed E-state index contributed by atoms with van der Waals surface area (Å²) < 4.78 is 0. The van der Waals surface area contributed by atoms with Gasteiger partial charge in [0.1, 0.15) is 6.04 Å². The van der Waals surface area contributed by atoms with Gasteiger partial charge in [0.2, 0.25) is 5.91 Å². The third-order valence-corrected chi connectivity index (χ3v) is 1.85. The summed E-state index contributed by atoms with van der Waals surface area (Å²) in [7, 11) is 0. The minimum absolute atomic E-state index is 0.350. The van der Waals surface area contributed by atoms with Crippen LogP contribution in [0.4, 0.5) is 5.69 Å². The van der Waals surface area contributed by atoms with Gasteiger partial charge in [-0.25, -0.2) is 0 Å². The molecule has 14 heavy (non-hydrogen) atoms. The molecule has 0 aliphatic rings. The monoisotopic (exact) mass is 194 g/mol. The van der Waals surface area contributed by atoms with Crippen molar-refractivity contribution >= 4 is 11.6 Å². The molecule has 4 heteroatoms. The Hall–Kier alpha value is -1.39. The van der Waals surface area contributed by atoms with E-state index in [1.165, 1.54) is 0 Å². The number of amides is 1. The number of hydrogen-bond donors (Lipinski definition) is 3. The van der Waals surface area contributed by atoms with Crippen molar-refractivity contribution in [2.75, 3.05) is 11.9 Å². The van der Waals surface area contributed by atoms with Gasteiger partial charge in [-0.05, 0) is 19.1 Å². The van der Waals surface area contributed by atoms with Crippen LogP contribution < -0.4 is 11.1 Å². The van der Waals surface area contributed by atoms with Crippen molar-refractivity contribution in [3.05, 3.63) is 29.8 Å². The fourth-order valence-corrected chi connectivity index (χ4v) is 0.955. The van der Waals surface area contributed by atoms with Crippen LogP contribution in [0.25, 0.3) is 0 Å². The molecule has 0 aliphatic carbocycles. The predicted octanol–water partition coefficient (Wildman–Crippen LogP) is 0.253. The first-order valence-corrected chi connectivity index (χ1v) is 4.37. The molecule has 1 rings (SSSR count). The molecule has 0 unspecified atom stereocenters. The van der Waals surface area contributed by atoms with Crippen molar-refractivity contribution < 1.29 is 9.90 Å². The lowest BCUT2D eigenvalue weighted by atomic mass is 10.2. The van der Waals surface area contributed by atoms with Crippen LogP contribution in [-0.2, 0) is 4.79 Å². The molecule has 4 N–H and O–H groups in total. The SMILES string of the molecule is Cc1ccc(NC(=O)[C@@H](N)CO)cc1. The van der Waals surface area contributed by atoms with Gasteiger partial charge >= 0.3 is 0 Å². The quantitative estimate of drug-likeness (QED) is 0.645. The number of carbonyl (C=O) groups is 1. The minimum atomic E-state index is -0.865. The van der Waals surface area contributed by atoms with E-state index in [9.17, 15) is 4.79 Å². The van der Waals surface area contributed by atoms with E-state index in [1.54, 1.807) is 12.1 Å². The highest BCUT2D eigenvalue weighted by Crippen LogP contribution is 2.08. The van der Waals surface area contributed by atoms with Crippen molar-refractivity contribution in [1.82, 2.24) is 0 Å². The second kappa shape index (κ2) is 4.74. The summed E-state index contributed by atoms with van der Waals surface area (Å²) in [6.07, 6.45) is 0. The maximum absolute atomic E-state index is 11.2. The van der Waals surface area contributed by atoms with Gasteiger partial charge in [0.25, 0.3) is 0 Å². The molecule has 0 saturated heterocycles. The molecule has 1 amide bonds. The standard InChI is InChI=1S/C10H14N2O2/c1-7-2-4-8(5-3-7)12-10(14)9(11)6-13/h2-5,9,13H,6,11H2,1H3,(H,12,14)/t9-/m0/s1. The minimum Gasteiger partial charge on any atom is -0.394 e. The Morgan fingerprint density at radius 2 is 2.07 bits per heavy atom. The maximum atomic E-state index is 11.2. The summed E-state index contributed by atoms with van der Waals surface area (Å²) >= 11 is 0. The van der Waals surface area contributed by atoms with Crippen LogP contribution >= 0.6 is 0 Å². The van der Waals surface area contributed by atoms with Crippen LogP contribution in [0.5, 0.6) is 0 Å². The van der Waals surface area contributed by atoms with Crippen molar-refractivity contribution in [2.24, 2.45) is 5.73 Å². The average molecular weight is 194 g/mol. The number of hydrogen-bond acceptors (Lipinski definition) is 3. The van der Waals surface area contributed by atoms with E-state index in [4.69, 9.17) is 10.8 Å². The Bertz CT molecular complexity index is 308. The van der Waals surface area contributed by atoms with Crippen molar-refractivity contribution in [2.45, 2.75) is 13.0 Å². The van der Waals surface area contributed by atoms with Crippen LogP contribution in [0.3, 0.4) is 0 Å². The summed E-state index contributed by atoms with van der Waals surface area (Å²) in [4.78, 5) is 11.2. The molecule has 0 spiro atoms. The third-order valence-electron chi connectivity index (χ3n) is 1.85. The van der Waals surface area contributed by atoms with Crippen molar-refractivity contribution in [3.8, 4) is 0 Å². The van der Waals surface area contributed by atoms with E-state index < -0.39 is 6.04 Å². The first-order chi connectivity index (χ1) is 6.63. The number of rotatable bonds is 3. The number of benzene rings is 1. The topological polar surface area (TPSA) is 75.4 Å².